The van der Waals surface area contributed by atoms with Crippen LogP contribution in [0.15, 0.2) is 24.3 Å². The quantitative estimate of drug-likeness (QED) is 0.914. The van der Waals surface area contributed by atoms with E-state index in [0.29, 0.717) is 24.8 Å². The number of nitrogens with two attached hydrogens (primary N) is 1. The molecule has 0 spiro atoms. The minimum absolute atomic E-state index is 0.213. The highest BCUT2D eigenvalue weighted by atomic mass is 35.5. The average molecular weight is 270 g/mol. The van der Waals surface area contributed by atoms with Gasteiger partial charge in [0.25, 0.3) is 0 Å². The van der Waals surface area contributed by atoms with Crippen molar-refractivity contribution in [3.05, 3.63) is 34.9 Å². The molecule has 0 saturated carbocycles. The van der Waals surface area contributed by atoms with Crippen molar-refractivity contribution >= 4 is 11.6 Å². The molecule has 18 heavy (non-hydrogen) atoms. The summed E-state index contributed by atoms with van der Waals surface area (Å²) in [7, 11) is 0. The van der Waals surface area contributed by atoms with E-state index in [0.717, 1.165) is 18.4 Å². The van der Waals surface area contributed by atoms with Gasteiger partial charge in [-0.05, 0) is 18.6 Å². The molecule has 3 nitrogen and oxygen atoms in total. The lowest BCUT2D eigenvalue weighted by atomic mass is 9.82. The van der Waals surface area contributed by atoms with Crippen LogP contribution in [0.4, 0.5) is 0 Å². The molecule has 1 aliphatic rings. The fraction of sp³-hybridized carbons (Fsp3) is 0.571. The van der Waals surface area contributed by atoms with Gasteiger partial charge < -0.3 is 15.2 Å². The largest absolute Gasteiger partial charge is 0.381 e. The van der Waals surface area contributed by atoms with Gasteiger partial charge in [0.05, 0.1) is 11.6 Å². The Kier molecular flexibility index (Phi) is 4.62. The summed E-state index contributed by atoms with van der Waals surface area (Å²) < 4.78 is 11.4. The highest BCUT2D eigenvalue weighted by Crippen LogP contribution is 2.38. The van der Waals surface area contributed by atoms with E-state index in [1.807, 2.05) is 31.2 Å². The smallest absolute Gasteiger partial charge is 0.0918 e. The van der Waals surface area contributed by atoms with Crippen molar-refractivity contribution in [2.75, 3.05) is 19.8 Å². The van der Waals surface area contributed by atoms with E-state index in [-0.39, 0.29) is 11.6 Å². The van der Waals surface area contributed by atoms with Crippen molar-refractivity contribution in [1.29, 1.82) is 0 Å². The van der Waals surface area contributed by atoms with Crippen LogP contribution < -0.4 is 5.73 Å². The third-order valence-corrected chi connectivity index (χ3v) is 3.92. The number of ether oxygens (including phenoxy) is 2. The average Bonchev–Trinajstić information content (AvgIpc) is 2.40. The van der Waals surface area contributed by atoms with Gasteiger partial charge in [0.1, 0.15) is 0 Å². The molecule has 1 saturated heterocycles. The minimum Gasteiger partial charge on any atom is -0.381 e. The van der Waals surface area contributed by atoms with E-state index in [2.05, 4.69) is 0 Å². The maximum absolute atomic E-state index is 6.43. The Hall–Kier alpha value is -0.610. The Morgan fingerprint density at radius 2 is 2.06 bits per heavy atom. The lowest BCUT2D eigenvalue weighted by molar-refractivity contribution is -0.121. The zero-order valence-corrected chi connectivity index (χ0v) is 11.5. The van der Waals surface area contributed by atoms with Crippen LogP contribution in [0.1, 0.15) is 31.4 Å². The first-order chi connectivity index (χ1) is 8.69. The minimum atomic E-state index is -0.349. The fourth-order valence-corrected chi connectivity index (χ4v) is 2.81. The van der Waals surface area contributed by atoms with Gasteiger partial charge in [-0.15, -0.1) is 0 Å². The van der Waals surface area contributed by atoms with Crippen molar-refractivity contribution in [3.8, 4) is 0 Å². The van der Waals surface area contributed by atoms with Crippen LogP contribution in [0.25, 0.3) is 0 Å². The van der Waals surface area contributed by atoms with Crippen LogP contribution in [0.3, 0.4) is 0 Å². The zero-order valence-electron chi connectivity index (χ0n) is 10.7. The van der Waals surface area contributed by atoms with E-state index in [1.54, 1.807) is 0 Å². The van der Waals surface area contributed by atoms with Crippen LogP contribution in [0, 0.1) is 0 Å². The summed E-state index contributed by atoms with van der Waals surface area (Å²) in [6.45, 7) is 4.03. The summed E-state index contributed by atoms with van der Waals surface area (Å²) in [6, 6.07) is 7.50. The third kappa shape index (κ3) is 2.69. The Morgan fingerprint density at radius 1 is 1.39 bits per heavy atom. The van der Waals surface area contributed by atoms with Crippen LogP contribution >= 0.6 is 11.6 Å². The molecular formula is C14H20ClNO2. The molecule has 1 atom stereocenters. The highest BCUT2D eigenvalue weighted by Gasteiger charge is 2.40. The first kappa shape index (κ1) is 13.8. The monoisotopic (exact) mass is 269 g/mol. The van der Waals surface area contributed by atoms with Crippen molar-refractivity contribution < 1.29 is 9.47 Å². The standard InChI is InChI=1S/C14H20ClNO2/c1-2-18-14(7-9-17-10-8-14)13(16)11-5-3-4-6-12(11)15/h3-6,13H,2,7-10,16H2,1H3. The number of hydrogen-bond donors (Lipinski definition) is 1. The molecule has 1 fully saturated rings. The second-order valence-corrected chi connectivity index (χ2v) is 5.02. The fourth-order valence-electron chi connectivity index (χ4n) is 2.56. The molecule has 0 aromatic heterocycles. The number of halogens is 1. The molecule has 0 aliphatic carbocycles. The summed E-state index contributed by atoms with van der Waals surface area (Å²) in [5.74, 6) is 0. The first-order valence-electron chi connectivity index (χ1n) is 6.41. The summed E-state index contributed by atoms with van der Waals surface area (Å²) in [5.41, 5.74) is 7.03. The molecule has 0 amide bonds. The van der Waals surface area contributed by atoms with E-state index >= 15 is 0 Å². The molecule has 100 valence electrons. The van der Waals surface area contributed by atoms with Gasteiger partial charge in [-0.25, -0.2) is 0 Å². The van der Waals surface area contributed by atoms with Crippen LogP contribution in [0.5, 0.6) is 0 Å². The van der Waals surface area contributed by atoms with E-state index in [9.17, 15) is 0 Å². The van der Waals surface area contributed by atoms with E-state index < -0.39 is 0 Å². The van der Waals surface area contributed by atoms with E-state index in [1.165, 1.54) is 0 Å². The SMILES string of the molecule is CCOC1(C(N)c2ccccc2Cl)CCOCC1. The molecule has 1 heterocycles. The van der Waals surface area contributed by atoms with Gasteiger partial charge in [0.15, 0.2) is 0 Å². The van der Waals surface area contributed by atoms with Crippen molar-refractivity contribution in [1.82, 2.24) is 0 Å². The predicted octanol–water partition coefficient (Wildman–Crippen LogP) is 2.93. The van der Waals surface area contributed by atoms with Crippen LogP contribution in [0.2, 0.25) is 5.02 Å². The van der Waals surface area contributed by atoms with Gasteiger partial charge in [0, 0.05) is 37.7 Å². The molecule has 2 rings (SSSR count). The summed E-state index contributed by atoms with van der Waals surface area (Å²) >= 11 is 6.23. The van der Waals surface area contributed by atoms with Gasteiger partial charge in [-0.3, -0.25) is 0 Å². The second-order valence-electron chi connectivity index (χ2n) is 4.61. The third-order valence-electron chi connectivity index (χ3n) is 3.58. The lowest BCUT2D eigenvalue weighted by Gasteiger charge is -2.41. The Morgan fingerprint density at radius 3 is 2.67 bits per heavy atom. The van der Waals surface area contributed by atoms with Crippen molar-refractivity contribution in [2.24, 2.45) is 5.73 Å². The van der Waals surface area contributed by atoms with Gasteiger partial charge >= 0.3 is 0 Å². The Balaban J connectivity index is 2.28. The molecule has 1 aromatic rings. The predicted molar refractivity (Wildman–Crippen MR) is 72.8 cm³/mol. The molecule has 2 N–H and O–H groups in total. The Bertz CT molecular complexity index is 386. The van der Waals surface area contributed by atoms with E-state index in [4.69, 9.17) is 26.8 Å². The lowest BCUT2D eigenvalue weighted by Crippen LogP contribution is -2.48. The first-order valence-corrected chi connectivity index (χ1v) is 6.79. The number of hydrogen-bond acceptors (Lipinski definition) is 3. The molecule has 0 bridgehead atoms. The maximum atomic E-state index is 6.43. The summed E-state index contributed by atoms with van der Waals surface area (Å²) in [4.78, 5) is 0. The topological polar surface area (TPSA) is 44.5 Å². The summed E-state index contributed by atoms with van der Waals surface area (Å²) in [6.07, 6.45) is 1.63. The van der Waals surface area contributed by atoms with Gasteiger partial charge in [0.2, 0.25) is 0 Å². The highest BCUT2D eigenvalue weighted by molar-refractivity contribution is 6.31. The molecule has 0 radical (unpaired) electrons. The number of benzene rings is 1. The zero-order chi connectivity index (χ0) is 13.0. The van der Waals surface area contributed by atoms with Gasteiger partial charge in [-0.1, -0.05) is 29.8 Å². The molecule has 4 heteroatoms. The van der Waals surface area contributed by atoms with Crippen molar-refractivity contribution in [3.63, 3.8) is 0 Å². The van der Waals surface area contributed by atoms with Crippen LogP contribution in [-0.4, -0.2) is 25.4 Å². The molecular weight excluding hydrogens is 250 g/mol. The molecule has 1 aromatic carbocycles. The molecule has 1 unspecified atom stereocenters. The number of rotatable bonds is 4. The van der Waals surface area contributed by atoms with Crippen LogP contribution in [-0.2, 0) is 9.47 Å². The van der Waals surface area contributed by atoms with Gasteiger partial charge in [-0.2, -0.15) is 0 Å². The van der Waals surface area contributed by atoms with Crippen molar-refractivity contribution in [2.45, 2.75) is 31.4 Å². The molecule has 1 aliphatic heterocycles. The summed E-state index contributed by atoms with van der Waals surface area (Å²) in [5, 5.41) is 0.704. The normalized spacial score (nSPS) is 20.6. The maximum Gasteiger partial charge on any atom is 0.0918 e. The Labute approximate surface area is 113 Å². The second kappa shape index (κ2) is 6.02.